The van der Waals surface area contributed by atoms with E-state index in [1.165, 1.54) is 0 Å². The molecule has 0 bridgehead atoms. The molecule has 1 aromatic carbocycles. The molecule has 1 heterocycles. The number of methoxy groups -OCH3 is 1. The number of nitrogens with zero attached hydrogens (tertiary/aromatic N) is 2. The lowest BCUT2D eigenvalue weighted by molar-refractivity contribution is -0.0827. The summed E-state index contributed by atoms with van der Waals surface area (Å²) in [4.78, 5) is 2.35. The van der Waals surface area contributed by atoms with Crippen LogP contribution in [0.2, 0.25) is 0 Å². The first-order valence-corrected chi connectivity index (χ1v) is 7.50. The molecule has 0 aromatic heterocycles. The lowest BCUT2D eigenvalue weighted by Crippen LogP contribution is -2.51. The summed E-state index contributed by atoms with van der Waals surface area (Å²) in [5.41, 5.74) is 1.25. The summed E-state index contributed by atoms with van der Waals surface area (Å²) < 4.78 is 5.10. The Morgan fingerprint density at radius 3 is 3.00 bits per heavy atom. The molecule has 1 saturated heterocycles. The highest BCUT2D eigenvalue weighted by Gasteiger charge is 2.38. The second-order valence-electron chi connectivity index (χ2n) is 6.04. The number of hydrogen-bond acceptors (Lipinski definition) is 4. The third kappa shape index (κ3) is 4.04. The molecular weight excluding hydrogens is 264 g/mol. The van der Waals surface area contributed by atoms with Crippen molar-refractivity contribution in [1.29, 1.82) is 5.26 Å². The highest BCUT2D eigenvalue weighted by atomic mass is 16.5. The van der Waals surface area contributed by atoms with Crippen molar-refractivity contribution in [2.75, 3.05) is 26.8 Å². The van der Waals surface area contributed by atoms with Crippen molar-refractivity contribution in [3.63, 3.8) is 0 Å². The maximum Gasteiger partial charge on any atom is 0.0991 e. The molecule has 0 saturated carbocycles. The molecule has 0 amide bonds. The summed E-state index contributed by atoms with van der Waals surface area (Å²) in [7, 11) is 1.67. The van der Waals surface area contributed by atoms with Gasteiger partial charge >= 0.3 is 0 Å². The molecule has 0 unspecified atom stereocenters. The van der Waals surface area contributed by atoms with Crippen molar-refractivity contribution < 1.29 is 9.84 Å². The summed E-state index contributed by atoms with van der Waals surface area (Å²) in [6.45, 7) is 5.29. The van der Waals surface area contributed by atoms with Crippen molar-refractivity contribution in [3.05, 3.63) is 35.4 Å². The number of likely N-dealkylation sites (tertiary alicyclic amines) is 1. The fraction of sp³-hybridized carbons (Fsp3) is 0.588. The van der Waals surface area contributed by atoms with Crippen LogP contribution in [0.15, 0.2) is 24.3 Å². The van der Waals surface area contributed by atoms with E-state index in [2.05, 4.69) is 24.0 Å². The Morgan fingerprint density at radius 1 is 1.52 bits per heavy atom. The Bertz CT molecular complexity index is 512. The number of benzene rings is 1. The average Bonchev–Trinajstić information content (AvgIpc) is 2.49. The summed E-state index contributed by atoms with van der Waals surface area (Å²) in [6, 6.07) is 9.92. The molecule has 2 atom stereocenters. The molecule has 2 rings (SSSR count). The Kier molecular flexibility index (Phi) is 5.35. The first-order chi connectivity index (χ1) is 10.1. The highest BCUT2D eigenvalue weighted by molar-refractivity contribution is 5.32. The average molecular weight is 288 g/mol. The second kappa shape index (κ2) is 7.04. The van der Waals surface area contributed by atoms with Gasteiger partial charge in [-0.25, -0.2) is 0 Å². The Balaban J connectivity index is 1.94. The first-order valence-electron chi connectivity index (χ1n) is 7.50. The van der Waals surface area contributed by atoms with Crippen molar-refractivity contribution in [1.82, 2.24) is 4.90 Å². The molecule has 114 valence electrons. The van der Waals surface area contributed by atoms with Crippen LogP contribution in [0, 0.1) is 17.2 Å². The van der Waals surface area contributed by atoms with Gasteiger partial charge in [-0.2, -0.15) is 5.26 Å². The van der Waals surface area contributed by atoms with E-state index in [1.807, 2.05) is 18.2 Å². The van der Waals surface area contributed by atoms with Gasteiger partial charge in [-0.15, -0.1) is 0 Å². The number of rotatable bonds is 5. The molecule has 0 radical (unpaired) electrons. The van der Waals surface area contributed by atoms with Crippen LogP contribution < -0.4 is 0 Å². The SMILES string of the molecule is COCC[C@]1(O)CCN(Cc2cccc(C#N)c2)C[C@H]1C. The molecule has 1 aliphatic rings. The normalized spacial score (nSPS) is 26.5. The molecule has 1 N–H and O–H groups in total. The van der Waals surface area contributed by atoms with E-state index in [-0.39, 0.29) is 5.92 Å². The van der Waals surface area contributed by atoms with Crippen LogP contribution in [0.1, 0.15) is 30.9 Å². The fourth-order valence-corrected chi connectivity index (χ4v) is 3.04. The van der Waals surface area contributed by atoms with Crippen molar-refractivity contribution in [2.24, 2.45) is 5.92 Å². The minimum absolute atomic E-state index is 0.223. The molecule has 0 aliphatic carbocycles. The molecule has 21 heavy (non-hydrogen) atoms. The van der Waals surface area contributed by atoms with Crippen LogP contribution in [0.25, 0.3) is 0 Å². The zero-order chi connectivity index (χ0) is 15.3. The lowest BCUT2D eigenvalue weighted by atomic mass is 9.80. The minimum Gasteiger partial charge on any atom is -0.389 e. The molecule has 0 spiro atoms. The smallest absolute Gasteiger partial charge is 0.0991 e. The van der Waals surface area contributed by atoms with Crippen LogP contribution in [-0.2, 0) is 11.3 Å². The fourth-order valence-electron chi connectivity index (χ4n) is 3.04. The van der Waals surface area contributed by atoms with Gasteiger partial charge in [0.05, 0.1) is 17.2 Å². The van der Waals surface area contributed by atoms with E-state index in [0.717, 1.165) is 31.6 Å². The maximum absolute atomic E-state index is 10.7. The molecule has 4 heteroatoms. The van der Waals surface area contributed by atoms with Gasteiger partial charge in [0.15, 0.2) is 0 Å². The molecule has 1 aromatic rings. The second-order valence-corrected chi connectivity index (χ2v) is 6.04. The molecule has 1 aliphatic heterocycles. The summed E-state index contributed by atoms with van der Waals surface area (Å²) >= 11 is 0. The Morgan fingerprint density at radius 2 is 2.33 bits per heavy atom. The number of aliphatic hydroxyl groups is 1. The highest BCUT2D eigenvalue weighted by Crippen LogP contribution is 2.31. The maximum atomic E-state index is 10.7. The summed E-state index contributed by atoms with van der Waals surface area (Å²) in [5.74, 6) is 0.223. The Hall–Kier alpha value is -1.41. The minimum atomic E-state index is -0.610. The summed E-state index contributed by atoms with van der Waals surface area (Å²) in [5, 5.41) is 19.6. The largest absolute Gasteiger partial charge is 0.389 e. The number of ether oxygens (including phenoxy) is 1. The molecule has 4 nitrogen and oxygen atoms in total. The van der Waals surface area contributed by atoms with E-state index in [4.69, 9.17) is 10.00 Å². The zero-order valence-electron chi connectivity index (χ0n) is 12.9. The number of nitriles is 1. The molecular formula is C17H24N2O2. The van der Waals surface area contributed by atoms with E-state index in [1.54, 1.807) is 7.11 Å². The van der Waals surface area contributed by atoms with Gasteiger partial charge in [-0.1, -0.05) is 19.1 Å². The summed E-state index contributed by atoms with van der Waals surface area (Å²) in [6.07, 6.45) is 1.47. The monoisotopic (exact) mass is 288 g/mol. The molecule has 1 fully saturated rings. The quantitative estimate of drug-likeness (QED) is 0.902. The predicted octanol–water partition coefficient (Wildman–Crippen LogP) is 2.17. The predicted molar refractivity (Wildman–Crippen MR) is 81.7 cm³/mol. The number of hydrogen-bond donors (Lipinski definition) is 1. The Labute approximate surface area is 127 Å². The van der Waals surface area contributed by atoms with Gasteiger partial charge in [-0.05, 0) is 36.5 Å². The van der Waals surface area contributed by atoms with Gasteiger partial charge < -0.3 is 9.84 Å². The van der Waals surface area contributed by atoms with Gasteiger partial charge in [0.25, 0.3) is 0 Å². The van der Waals surface area contributed by atoms with Gasteiger partial charge in [-0.3, -0.25) is 4.90 Å². The topological polar surface area (TPSA) is 56.5 Å². The van der Waals surface area contributed by atoms with Crippen LogP contribution in [0.4, 0.5) is 0 Å². The van der Waals surface area contributed by atoms with Crippen molar-refractivity contribution >= 4 is 0 Å². The third-order valence-electron chi connectivity index (χ3n) is 4.51. The van der Waals surface area contributed by atoms with Gasteiger partial charge in [0.1, 0.15) is 0 Å². The van der Waals surface area contributed by atoms with Crippen LogP contribution >= 0.6 is 0 Å². The third-order valence-corrected chi connectivity index (χ3v) is 4.51. The van der Waals surface area contributed by atoms with E-state index < -0.39 is 5.60 Å². The van der Waals surface area contributed by atoms with Crippen LogP contribution in [-0.4, -0.2) is 42.4 Å². The van der Waals surface area contributed by atoms with Crippen LogP contribution in [0.5, 0.6) is 0 Å². The van der Waals surface area contributed by atoms with E-state index >= 15 is 0 Å². The van der Waals surface area contributed by atoms with Gasteiger partial charge in [0.2, 0.25) is 0 Å². The number of piperidine rings is 1. The van der Waals surface area contributed by atoms with E-state index in [0.29, 0.717) is 18.6 Å². The standard InChI is InChI=1S/C17H24N2O2/c1-14-12-19(8-6-17(14,20)7-9-21-2)13-16-5-3-4-15(10-16)11-18/h3-5,10,14,20H,6-9,12-13H2,1-2H3/t14-,17-/m1/s1. The van der Waals surface area contributed by atoms with Crippen molar-refractivity contribution in [3.8, 4) is 6.07 Å². The van der Waals surface area contributed by atoms with Crippen molar-refractivity contribution in [2.45, 2.75) is 31.9 Å². The zero-order valence-corrected chi connectivity index (χ0v) is 12.9. The van der Waals surface area contributed by atoms with Gasteiger partial charge in [0, 0.05) is 33.4 Å². The first kappa shape index (κ1) is 16.0. The van der Waals surface area contributed by atoms with Crippen LogP contribution in [0.3, 0.4) is 0 Å². The lowest BCUT2D eigenvalue weighted by Gasteiger charge is -2.43. The van der Waals surface area contributed by atoms with E-state index in [9.17, 15) is 5.11 Å².